The SMILES string of the molecule is Cc1ccc(N2C(=O)NC(=O)/C(=C/c3ccccc3OC(=O)c3ccc(Cl)cc3)C2=O)cc1. The van der Waals surface area contributed by atoms with E-state index in [4.69, 9.17) is 16.3 Å². The quantitative estimate of drug-likeness (QED) is 0.267. The molecule has 0 aromatic heterocycles. The second-order valence-corrected chi connectivity index (χ2v) is 7.66. The summed E-state index contributed by atoms with van der Waals surface area (Å²) in [5.41, 5.74) is 1.60. The summed E-state index contributed by atoms with van der Waals surface area (Å²) < 4.78 is 5.48. The lowest BCUT2D eigenvalue weighted by atomic mass is 10.1. The van der Waals surface area contributed by atoms with E-state index in [1.165, 1.54) is 24.3 Å². The maximum Gasteiger partial charge on any atom is 0.343 e. The molecule has 0 radical (unpaired) electrons. The largest absolute Gasteiger partial charge is 0.422 e. The Morgan fingerprint density at radius 2 is 1.61 bits per heavy atom. The van der Waals surface area contributed by atoms with Gasteiger partial charge in [0.15, 0.2) is 0 Å². The molecular formula is C25H17ClN2O5. The van der Waals surface area contributed by atoms with Crippen molar-refractivity contribution in [2.24, 2.45) is 0 Å². The number of imide groups is 2. The molecule has 1 aliphatic rings. The molecule has 4 amide bonds. The second kappa shape index (κ2) is 9.10. The Labute approximate surface area is 194 Å². The highest BCUT2D eigenvalue weighted by Crippen LogP contribution is 2.26. The minimum atomic E-state index is -0.841. The molecule has 164 valence electrons. The molecule has 3 aromatic carbocycles. The number of carbonyl (C=O) groups is 4. The molecule has 0 aliphatic carbocycles. The van der Waals surface area contributed by atoms with Gasteiger partial charge >= 0.3 is 12.0 Å². The molecule has 33 heavy (non-hydrogen) atoms. The average molecular weight is 461 g/mol. The van der Waals surface area contributed by atoms with Gasteiger partial charge in [-0.15, -0.1) is 0 Å². The van der Waals surface area contributed by atoms with Crippen molar-refractivity contribution in [3.8, 4) is 5.75 Å². The van der Waals surface area contributed by atoms with Crippen molar-refractivity contribution in [2.75, 3.05) is 4.90 Å². The highest BCUT2D eigenvalue weighted by Gasteiger charge is 2.37. The van der Waals surface area contributed by atoms with Crippen LogP contribution in [0.5, 0.6) is 5.75 Å². The maximum atomic E-state index is 13.1. The lowest BCUT2D eigenvalue weighted by Crippen LogP contribution is -2.54. The monoisotopic (exact) mass is 460 g/mol. The number of para-hydroxylation sites is 1. The van der Waals surface area contributed by atoms with Crippen molar-refractivity contribution in [3.05, 3.63) is 100 Å². The molecule has 1 aliphatic heterocycles. The van der Waals surface area contributed by atoms with Crippen LogP contribution in [-0.2, 0) is 9.59 Å². The van der Waals surface area contributed by atoms with Crippen molar-refractivity contribution < 1.29 is 23.9 Å². The number of carbonyl (C=O) groups excluding carboxylic acids is 4. The van der Waals surface area contributed by atoms with Crippen LogP contribution in [0.2, 0.25) is 5.02 Å². The van der Waals surface area contributed by atoms with Crippen molar-refractivity contribution in [1.82, 2.24) is 5.32 Å². The van der Waals surface area contributed by atoms with E-state index in [0.29, 0.717) is 16.3 Å². The molecule has 1 saturated heterocycles. The van der Waals surface area contributed by atoms with E-state index in [1.807, 2.05) is 6.92 Å². The number of rotatable bonds is 4. The molecule has 8 heteroatoms. The minimum absolute atomic E-state index is 0.143. The zero-order chi connectivity index (χ0) is 23.5. The number of ether oxygens (including phenoxy) is 1. The topological polar surface area (TPSA) is 92.8 Å². The first-order chi connectivity index (χ1) is 15.8. The summed E-state index contributed by atoms with van der Waals surface area (Å²) in [6.45, 7) is 1.87. The van der Waals surface area contributed by atoms with Gasteiger partial charge in [-0.1, -0.05) is 47.5 Å². The predicted molar refractivity (Wildman–Crippen MR) is 123 cm³/mol. The predicted octanol–water partition coefficient (Wildman–Crippen LogP) is 4.53. The number of halogens is 1. The number of nitrogens with one attached hydrogen (secondary N) is 1. The fourth-order valence-corrected chi connectivity index (χ4v) is 3.30. The summed E-state index contributed by atoms with van der Waals surface area (Å²) in [5, 5.41) is 2.65. The molecule has 0 spiro atoms. The maximum absolute atomic E-state index is 13.1. The summed E-state index contributed by atoms with van der Waals surface area (Å²) in [4.78, 5) is 51.3. The Balaban J connectivity index is 1.66. The minimum Gasteiger partial charge on any atom is -0.422 e. The van der Waals surface area contributed by atoms with Crippen LogP contribution in [-0.4, -0.2) is 23.8 Å². The van der Waals surface area contributed by atoms with E-state index in [9.17, 15) is 19.2 Å². The van der Waals surface area contributed by atoms with Gasteiger partial charge < -0.3 is 4.74 Å². The molecule has 3 aromatic rings. The van der Waals surface area contributed by atoms with E-state index in [0.717, 1.165) is 10.5 Å². The fourth-order valence-electron chi connectivity index (χ4n) is 3.18. The van der Waals surface area contributed by atoms with E-state index in [1.54, 1.807) is 54.6 Å². The van der Waals surface area contributed by atoms with Crippen LogP contribution in [0.4, 0.5) is 10.5 Å². The standard InChI is InChI=1S/C25H17ClN2O5/c1-15-6-12-19(13-7-15)28-23(30)20(22(29)27-25(28)32)14-17-4-2-3-5-21(17)33-24(31)16-8-10-18(26)11-9-16/h2-14H,1H3,(H,27,29,32)/b20-14-. The third kappa shape index (κ3) is 4.68. The number of nitrogens with zero attached hydrogens (tertiary/aromatic N) is 1. The van der Waals surface area contributed by atoms with Gasteiger partial charge in [0, 0.05) is 10.6 Å². The van der Waals surface area contributed by atoms with Crippen molar-refractivity contribution >= 4 is 47.2 Å². The van der Waals surface area contributed by atoms with E-state index in [-0.39, 0.29) is 16.9 Å². The third-order valence-electron chi connectivity index (χ3n) is 4.90. The summed E-state index contributed by atoms with van der Waals surface area (Å²) >= 11 is 5.85. The molecule has 0 atom stereocenters. The highest BCUT2D eigenvalue weighted by atomic mass is 35.5. The molecular weight excluding hydrogens is 444 g/mol. The lowest BCUT2D eigenvalue weighted by Gasteiger charge is -2.26. The van der Waals surface area contributed by atoms with Crippen LogP contribution >= 0.6 is 11.6 Å². The van der Waals surface area contributed by atoms with Crippen LogP contribution in [0.15, 0.2) is 78.4 Å². The van der Waals surface area contributed by atoms with Crippen LogP contribution in [0.1, 0.15) is 21.5 Å². The fraction of sp³-hybridized carbons (Fsp3) is 0.0400. The number of benzene rings is 3. The number of hydrogen-bond donors (Lipinski definition) is 1. The first-order valence-electron chi connectivity index (χ1n) is 9.88. The summed E-state index contributed by atoms with van der Waals surface area (Å²) in [6, 6.07) is 18.5. The van der Waals surface area contributed by atoms with E-state index >= 15 is 0 Å². The van der Waals surface area contributed by atoms with Gasteiger partial charge in [0.05, 0.1) is 11.3 Å². The first kappa shape index (κ1) is 22.0. The second-order valence-electron chi connectivity index (χ2n) is 7.23. The Morgan fingerprint density at radius 3 is 2.30 bits per heavy atom. The average Bonchev–Trinajstić information content (AvgIpc) is 2.79. The summed E-state index contributed by atoms with van der Waals surface area (Å²) in [7, 11) is 0. The number of urea groups is 1. The Morgan fingerprint density at radius 1 is 0.939 bits per heavy atom. The summed E-state index contributed by atoms with van der Waals surface area (Å²) in [5.74, 6) is -2.11. The smallest absolute Gasteiger partial charge is 0.343 e. The van der Waals surface area contributed by atoms with Gasteiger partial charge in [-0.2, -0.15) is 0 Å². The van der Waals surface area contributed by atoms with Gasteiger partial charge in [0.2, 0.25) is 0 Å². The number of esters is 1. The molecule has 1 N–H and O–H groups in total. The molecule has 4 rings (SSSR count). The Kier molecular flexibility index (Phi) is 6.06. The first-order valence-corrected chi connectivity index (χ1v) is 10.3. The van der Waals surface area contributed by atoms with Gasteiger partial charge in [-0.05, 0) is 55.5 Å². The zero-order valence-corrected chi connectivity index (χ0v) is 18.1. The van der Waals surface area contributed by atoms with E-state index < -0.39 is 23.8 Å². The van der Waals surface area contributed by atoms with Crippen LogP contribution in [0.25, 0.3) is 6.08 Å². The van der Waals surface area contributed by atoms with Crippen molar-refractivity contribution in [1.29, 1.82) is 0 Å². The van der Waals surface area contributed by atoms with Crippen molar-refractivity contribution in [3.63, 3.8) is 0 Å². The third-order valence-corrected chi connectivity index (χ3v) is 5.15. The Hall–Kier alpha value is -4.23. The lowest BCUT2D eigenvalue weighted by molar-refractivity contribution is -0.122. The highest BCUT2D eigenvalue weighted by molar-refractivity contribution is 6.39. The number of amides is 4. The van der Waals surface area contributed by atoms with Gasteiger partial charge in [-0.3, -0.25) is 14.9 Å². The number of barbiturate groups is 1. The summed E-state index contributed by atoms with van der Waals surface area (Å²) in [6.07, 6.45) is 1.29. The van der Waals surface area contributed by atoms with Crippen molar-refractivity contribution in [2.45, 2.75) is 6.92 Å². The molecule has 0 saturated carbocycles. The number of aryl methyl sites for hydroxylation is 1. The van der Waals surface area contributed by atoms with Crippen LogP contribution in [0.3, 0.4) is 0 Å². The van der Waals surface area contributed by atoms with Gasteiger partial charge in [0.25, 0.3) is 11.8 Å². The number of hydrogen-bond acceptors (Lipinski definition) is 5. The molecule has 1 fully saturated rings. The van der Waals surface area contributed by atoms with Crippen LogP contribution in [0, 0.1) is 6.92 Å². The normalized spacial score (nSPS) is 14.9. The van der Waals surface area contributed by atoms with Gasteiger partial charge in [0.1, 0.15) is 11.3 Å². The zero-order valence-electron chi connectivity index (χ0n) is 17.4. The molecule has 0 unspecified atom stereocenters. The number of anilines is 1. The van der Waals surface area contributed by atoms with Crippen LogP contribution < -0.4 is 15.0 Å². The molecule has 7 nitrogen and oxygen atoms in total. The Bertz CT molecular complexity index is 1300. The van der Waals surface area contributed by atoms with E-state index in [2.05, 4.69) is 5.32 Å². The molecule has 0 bridgehead atoms. The molecule has 1 heterocycles. The van der Waals surface area contributed by atoms with Gasteiger partial charge in [-0.25, -0.2) is 14.5 Å².